The van der Waals surface area contributed by atoms with Crippen LogP contribution < -0.4 is 10.4 Å². The third kappa shape index (κ3) is 2.88. The third-order valence-electron chi connectivity index (χ3n) is 4.07. The van der Waals surface area contributed by atoms with Gasteiger partial charge < -0.3 is 18.6 Å². The first-order valence-electron chi connectivity index (χ1n) is 7.53. The highest BCUT2D eigenvalue weighted by atomic mass is 16.6. The Morgan fingerprint density at radius 3 is 2.36 bits per heavy atom. The van der Waals surface area contributed by atoms with Crippen molar-refractivity contribution in [2.24, 2.45) is 0 Å². The van der Waals surface area contributed by atoms with Crippen LogP contribution in [0.5, 0.6) is 5.75 Å². The van der Waals surface area contributed by atoms with E-state index in [4.69, 9.17) is 13.9 Å². The van der Waals surface area contributed by atoms with E-state index in [1.807, 2.05) is 0 Å². The topological polar surface area (TPSA) is 92.0 Å². The van der Waals surface area contributed by atoms with Crippen molar-refractivity contribution in [3.63, 3.8) is 0 Å². The van der Waals surface area contributed by atoms with Gasteiger partial charge in [-0.2, -0.15) is 0 Å². The first-order valence-corrected chi connectivity index (χ1v) is 7.53. The monoisotopic (exact) mass is 344 g/mol. The maximum absolute atomic E-state index is 12.3. The van der Waals surface area contributed by atoms with Crippen LogP contribution in [0.1, 0.15) is 33.2 Å². The summed E-state index contributed by atoms with van der Waals surface area (Å²) in [4.78, 5) is 36.0. The van der Waals surface area contributed by atoms with Crippen molar-refractivity contribution in [1.82, 2.24) is 0 Å². The molecule has 0 saturated heterocycles. The highest BCUT2D eigenvalue weighted by Crippen LogP contribution is 2.41. The zero-order chi connectivity index (χ0) is 18.1. The van der Waals surface area contributed by atoms with Crippen LogP contribution in [0.4, 0.5) is 0 Å². The van der Waals surface area contributed by atoms with Crippen molar-refractivity contribution in [1.29, 1.82) is 0 Å². The van der Waals surface area contributed by atoms with E-state index in [-0.39, 0.29) is 5.56 Å². The minimum atomic E-state index is -1.01. The van der Waals surface area contributed by atoms with E-state index >= 15 is 0 Å². The Hall–Kier alpha value is -3.09. The molecular weight excluding hydrogens is 328 g/mol. The number of carbonyl (C=O) groups excluding carboxylic acids is 2. The van der Waals surface area contributed by atoms with E-state index < -0.39 is 29.6 Å². The summed E-state index contributed by atoms with van der Waals surface area (Å²) in [6.45, 7) is 1.62. The molecule has 7 nitrogen and oxygen atoms in total. The second kappa shape index (κ2) is 6.43. The molecule has 25 heavy (non-hydrogen) atoms. The van der Waals surface area contributed by atoms with E-state index in [2.05, 4.69) is 4.74 Å². The van der Waals surface area contributed by atoms with Crippen molar-refractivity contribution in [2.75, 3.05) is 14.2 Å². The zero-order valence-corrected chi connectivity index (χ0v) is 13.9. The first kappa shape index (κ1) is 16.8. The number of benzene rings is 1. The number of methoxy groups -OCH3 is 2. The Labute approximate surface area is 143 Å². The lowest BCUT2D eigenvalue weighted by Gasteiger charge is -2.17. The molecule has 1 aromatic carbocycles. The number of esters is 2. The Morgan fingerprint density at radius 2 is 1.76 bits per heavy atom. The van der Waals surface area contributed by atoms with Crippen LogP contribution in [-0.2, 0) is 14.3 Å². The second-order valence-electron chi connectivity index (χ2n) is 5.58. The summed E-state index contributed by atoms with van der Waals surface area (Å²) in [7, 11) is 2.54. The lowest BCUT2D eigenvalue weighted by atomic mass is 9.88. The van der Waals surface area contributed by atoms with E-state index in [0.717, 1.165) is 0 Å². The van der Waals surface area contributed by atoms with Gasteiger partial charge in [-0.25, -0.2) is 14.4 Å². The number of ether oxygens (including phenoxy) is 3. The summed E-state index contributed by atoms with van der Waals surface area (Å²) >= 11 is 0. The van der Waals surface area contributed by atoms with Gasteiger partial charge in [-0.3, -0.25) is 0 Å². The van der Waals surface area contributed by atoms with Gasteiger partial charge in [0.05, 0.1) is 31.3 Å². The summed E-state index contributed by atoms with van der Waals surface area (Å²) in [5.74, 6) is -1.09. The summed E-state index contributed by atoms with van der Waals surface area (Å²) in [6.07, 6.45) is -1.01. The highest BCUT2D eigenvalue weighted by Gasteiger charge is 2.44. The minimum absolute atomic E-state index is 0.256. The summed E-state index contributed by atoms with van der Waals surface area (Å²) < 4.78 is 20.3. The largest absolute Gasteiger partial charge is 0.477 e. The normalized spacial score (nSPS) is 18.2. The molecule has 2 unspecified atom stereocenters. The molecule has 0 radical (unpaired) electrons. The van der Waals surface area contributed by atoms with Gasteiger partial charge in [-0.15, -0.1) is 0 Å². The van der Waals surface area contributed by atoms with Crippen LogP contribution in [0.2, 0.25) is 0 Å². The Kier molecular flexibility index (Phi) is 4.31. The Morgan fingerprint density at radius 1 is 1.08 bits per heavy atom. The molecule has 130 valence electrons. The van der Waals surface area contributed by atoms with Gasteiger partial charge in [0.1, 0.15) is 11.5 Å². The first-order chi connectivity index (χ1) is 12.0. The van der Waals surface area contributed by atoms with Crippen molar-refractivity contribution < 1.29 is 28.2 Å². The number of hydrogen-bond acceptors (Lipinski definition) is 7. The van der Waals surface area contributed by atoms with Crippen molar-refractivity contribution in [2.45, 2.75) is 18.9 Å². The molecular formula is C18H16O7. The van der Waals surface area contributed by atoms with Crippen molar-refractivity contribution in [3.05, 3.63) is 63.2 Å². The molecule has 0 saturated carbocycles. The lowest BCUT2D eigenvalue weighted by molar-refractivity contribution is -0.148. The zero-order valence-electron chi connectivity index (χ0n) is 13.9. The lowest BCUT2D eigenvalue weighted by Crippen LogP contribution is -2.31. The van der Waals surface area contributed by atoms with Gasteiger partial charge >= 0.3 is 17.6 Å². The van der Waals surface area contributed by atoms with Crippen LogP contribution >= 0.6 is 0 Å². The SMILES string of the molecule is COC(=O)c1ccc(C2c3c(cc(C)oc3=O)OC2C(=O)OC)cc1. The molecule has 0 fully saturated rings. The van der Waals surface area contributed by atoms with Gasteiger partial charge in [0.2, 0.25) is 6.10 Å². The van der Waals surface area contributed by atoms with E-state index in [1.54, 1.807) is 37.3 Å². The number of hydrogen-bond donors (Lipinski definition) is 0. The van der Waals surface area contributed by atoms with Crippen LogP contribution in [0.25, 0.3) is 0 Å². The Bertz CT molecular complexity index is 879. The predicted octanol–water partition coefficient (Wildman–Crippen LogP) is 1.80. The average Bonchev–Trinajstić information content (AvgIpc) is 3.00. The highest BCUT2D eigenvalue weighted by molar-refractivity contribution is 5.89. The maximum Gasteiger partial charge on any atom is 0.348 e. The Balaban J connectivity index is 2.10. The minimum Gasteiger partial charge on any atom is -0.477 e. The van der Waals surface area contributed by atoms with Gasteiger partial charge in [0.15, 0.2) is 0 Å². The standard InChI is InChI=1S/C18H16O7/c1-9-8-12-14(17(20)24-9)13(15(25-12)18(21)23-3)10-4-6-11(7-5-10)16(19)22-2/h4-8,13,15H,1-3H3. The quantitative estimate of drug-likeness (QED) is 0.784. The molecule has 1 aromatic heterocycles. The smallest absolute Gasteiger partial charge is 0.348 e. The number of aryl methyl sites for hydroxylation is 1. The third-order valence-corrected chi connectivity index (χ3v) is 4.07. The van der Waals surface area contributed by atoms with Crippen LogP contribution in [0.3, 0.4) is 0 Å². The second-order valence-corrected chi connectivity index (χ2v) is 5.58. The molecule has 0 spiro atoms. The summed E-state index contributed by atoms with van der Waals surface area (Å²) in [6, 6.07) is 7.97. The molecule has 2 aromatic rings. The summed E-state index contributed by atoms with van der Waals surface area (Å²) in [5, 5.41) is 0. The van der Waals surface area contributed by atoms with Crippen molar-refractivity contribution in [3.8, 4) is 5.75 Å². The van der Waals surface area contributed by atoms with E-state index in [1.165, 1.54) is 14.2 Å². The molecule has 1 aliphatic heterocycles. The molecule has 1 aliphatic rings. The van der Waals surface area contributed by atoms with Gasteiger partial charge in [0, 0.05) is 6.07 Å². The molecule has 0 bridgehead atoms. The maximum atomic E-state index is 12.3. The fraction of sp³-hybridized carbons (Fsp3) is 0.278. The van der Waals surface area contributed by atoms with Crippen LogP contribution in [0.15, 0.2) is 39.5 Å². The molecule has 0 aliphatic carbocycles. The molecule has 2 atom stereocenters. The van der Waals surface area contributed by atoms with Crippen molar-refractivity contribution >= 4 is 11.9 Å². The van der Waals surface area contributed by atoms with Crippen LogP contribution in [-0.4, -0.2) is 32.3 Å². The fourth-order valence-electron chi connectivity index (χ4n) is 2.91. The van der Waals surface area contributed by atoms with Gasteiger partial charge in [-0.05, 0) is 24.6 Å². The predicted molar refractivity (Wildman–Crippen MR) is 85.8 cm³/mol. The average molecular weight is 344 g/mol. The van der Waals surface area contributed by atoms with Gasteiger partial charge in [0.25, 0.3) is 0 Å². The number of fused-ring (bicyclic) bond motifs is 1. The van der Waals surface area contributed by atoms with Gasteiger partial charge in [-0.1, -0.05) is 12.1 Å². The molecule has 0 amide bonds. The number of carbonyl (C=O) groups is 2. The molecule has 3 rings (SSSR count). The number of rotatable bonds is 3. The summed E-state index contributed by atoms with van der Waals surface area (Å²) in [5.41, 5.74) is 0.671. The molecule has 2 heterocycles. The van der Waals surface area contributed by atoms with E-state index in [0.29, 0.717) is 22.6 Å². The molecule has 7 heteroatoms. The molecule has 0 N–H and O–H groups in total. The fourth-order valence-corrected chi connectivity index (χ4v) is 2.91. The van der Waals surface area contributed by atoms with E-state index in [9.17, 15) is 14.4 Å². The van der Waals surface area contributed by atoms with Crippen LogP contribution in [0, 0.1) is 6.92 Å².